The predicted octanol–water partition coefficient (Wildman–Crippen LogP) is 4.53. The number of hydrogen-bond donors (Lipinski definition) is 2. The Labute approximate surface area is 242 Å². The van der Waals surface area contributed by atoms with Gasteiger partial charge in [-0.25, -0.2) is 9.59 Å². The molecule has 42 heavy (non-hydrogen) atoms. The maximum Gasteiger partial charge on any atom is 0.449 e. The number of carboxylic acid groups (broad SMARTS) is 1. The highest BCUT2D eigenvalue weighted by Gasteiger charge is 2.53. The second kappa shape index (κ2) is 12.5. The van der Waals surface area contributed by atoms with Crippen LogP contribution < -0.4 is 10.1 Å². The van der Waals surface area contributed by atoms with Crippen molar-refractivity contribution in [1.82, 2.24) is 10.2 Å². The van der Waals surface area contributed by atoms with Crippen LogP contribution in [0.4, 0.5) is 18.0 Å². The number of carbonyl (C=O) groups excluding carboxylic acids is 2. The molecule has 2 atom stereocenters. The number of allylic oxidation sites excluding steroid dienone is 1. The topological polar surface area (TPSA) is 124 Å². The van der Waals surface area contributed by atoms with E-state index >= 15 is 0 Å². The summed E-state index contributed by atoms with van der Waals surface area (Å²) >= 11 is 0. The third kappa shape index (κ3) is 7.74. The highest BCUT2D eigenvalue weighted by Crippen LogP contribution is 2.41. The molecule has 10 nitrogen and oxygen atoms in total. The lowest BCUT2D eigenvalue weighted by Crippen LogP contribution is -2.65. The van der Waals surface area contributed by atoms with Crippen LogP contribution in [0.25, 0.3) is 0 Å². The summed E-state index contributed by atoms with van der Waals surface area (Å²) in [6, 6.07) is 5.80. The Balaban J connectivity index is 1.42. The van der Waals surface area contributed by atoms with Gasteiger partial charge in [-0.05, 0) is 70.4 Å². The standard InChI is InChI=1S/C29H37F3N2O8/c1-27(2,3)42-26(38)34-13-12-28(17-39-16-24(35)33-28)22(34)15-40-19-10-8-18(9-11-19)20-6-4-5-7-21(20)41-23(14-25(36)37)29(30,31)32/h4-7,14,18-19,22H,8-13,15-17H2,1-3H3,(H,33,35)(H,36,37)/b23-14-. The maximum atomic E-state index is 13.4. The van der Waals surface area contributed by atoms with E-state index < -0.39 is 41.2 Å². The minimum absolute atomic E-state index is 0.0116. The van der Waals surface area contributed by atoms with Crippen LogP contribution in [-0.4, -0.2) is 83.8 Å². The van der Waals surface area contributed by atoms with Gasteiger partial charge in [-0.2, -0.15) is 13.2 Å². The first-order valence-electron chi connectivity index (χ1n) is 14.0. The number of carbonyl (C=O) groups is 3. The molecule has 3 aliphatic rings. The fourth-order valence-corrected chi connectivity index (χ4v) is 5.80. The van der Waals surface area contributed by atoms with E-state index in [9.17, 15) is 27.6 Å². The summed E-state index contributed by atoms with van der Waals surface area (Å²) in [5, 5.41) is 11.9. The van der Waals surface area contributed by atoms with Crippen molar-refractivity contribution in [3.05, 3.63) is 41.7 Å². The molecule has 2 amide bonds. The van der Waals surface area contributed by atoms with Crippen LogP contribution in [0.5, 0.6) is 5.75 Å². The first kappa shape index (κ1) is 31.6. The summed E-state index contributed by atoms with van der Waals surface area (Å²) < 4.78 is 62.7. The second-order valence-corrected chi connectivity index (χ2v) is 11.9. The van der Waals surface area contributed by atoms with E-state index in [1.807, 2.05) is 0 Å². The van der Waals surface area contributed by atoms with Crippen molar-refractivity contribution in [2.75, 3.05) is 26.4 Å². The number of amides is 2. The lowest BCUT2D eigenvalue weighted by Gasteiger charge is -2.41. The van der Waals surface area contributed by atoms with E-state index in [0.29, 0.717) is 44.2 Å². The molecule has 0 bridgehead atoms. The Kier molecular flexibility index (Phi) is 9.41. The van der Waals surface area contributed by atoms with E-state index in [2.05, 4.69) is 5.32 Å². The van der Waals surface area contributed by atoms with Gasteiger partial charge in [-0.3, -0.25) is 4.79 Å². The molecule has 232 valence electrons. The van der Waals surface area contributed by atoms with Crippen LogP contribution in [-0.2, 0) is 23.8 Å². The molecular formula is C29H37F3N2O8. The average Bonchev–Trinajstić information content (AvgIpc) is 3.22. The Hall–Kier alpha value is -3.32. The molecule has 2 heterocycles. The molecule has 1 aromatic rings. The molecule has 1 aliphatic carbocycles. The predicted molar refractivity (Wildman–Crippen MR) is 143 cm³/mol. The van der Waals surface area contributed by atoms with Gasteiger partial charge in [0.15, 0.2) is 0 Å². The number of nitrogens with zero attached hydrogens (tertiary/aromatic N) is 1. The number of benzene rings is 1. The van der Waals surface area contributed by atoms with Crippen molar-refractivity contribution < 1.29 is 51.6 Å². The quantitative estimate of drug-likeness (QED) is 0.347. The number of hydrogen-bond acceptors (Lipinski definition) is 7. The van der Waals surface area contributed by atoms with Gasteiger partial charge in [-0.1, -0.05) is 18.2 Å². The van der Waals surface area contributed by atoms with Crippen molar-refractivity contribution in [3.8, 4) is 5.75 Å². The molecule has 2 unspecified atom stereocenters. The number of para-hydroxylation sites is 1. The molecule has 1 aromatic carbocycles. The van der Waals surface area contributed by atoms with Crippen molar-refractivity contribution in [3.63, 3.8) is 0 Å². The number of morpholine rings is 1. The molecule has 0 radical (unpaired) electrons. The van der Waals surface area contributed by atoms with Crippen LogP contribution in [0.15, 0.2) is 36.1 Å². The minimum atomic E-state index is -4.97. The van der Waals surface area contributed by atoms with E-state index in [1.165, 1.54) is 12.1 Å². The van der Waals surface area contributed by atoms with Gasteiger partial charge in [0.2, 0.25) is 11.7 Å². The molecule has 2 N–H and O–H groups in total. The Bertz CT molecular complexity index is 1190. The number of carboxylic acids is 1. The third-order valence-corrected chi connectivity index (χ3v) is 7.70. The van der Waals surface area contributed by atoms with Crippen molar-refractivity contribution >= 4 is 18.0 Å². The number of aliphatic carboxylic acids is 1. The highest BCUT2D eigenvalue weighted by atomic mass is 19.4. The van der Waals surface area contributed by atoms with E-state index in [-0.39, 0.29) is 49.6 Å². The number of ether oxygens (including phenoxy) is 4. The van der Waals surface area contributed by atoms with E-state index in [4.69, 9.17) is 24.1 Å². The Morgan fingerprint density at radius 2 is 1.86 bits per heavy atom. The van der Waals surface area contributed by atoms with Crippen LogP contribution in [0.3, 0.4) is 0 Å². The Morgan fingerprint density at radius 1 is 1.17 bits per heavy atom. The molecule has 4 rings (SSSR count). The van der Waals surface area contributed by atoms with E-state index in [0.717, 1.165) is 0 Å². The molecule has 1 saturated carbocycles. The largest absolute Gasteiger partial charge is 0.478 e. The van der Waals surface area contributed by atoms with Crippen LogP contribution in [0.1, 0.15) is 64.4 Å². The van der Waals surface area contributed by atoms with Crippen molar-refractivity contribution in [2.24, 2.45) is 0 Å². The number of halogens is 3. The maximum absolute atomic E-state index is 13.4. The summed E-state index contributed by atoms with van der Waals surface area (Å²) in [7, 11) is 0. The number of rotatable bonds is 7. The van der Waals surface area contributed by atoms with Gasteiger partial charge in [0.05, 0.1) is 37.0 Å². The fraction of sp³-hybridized carbons (Fsp3) is 0.621. The van der Waals surface area contributed by atoms with Gasteiger partial charge in [0.1, 0.15) is 18.0 Å². The zero-order valence-electron chi connectivity index (χ0n) is 23.9. The number of likely N-dealkylation sites (tertiary alicyclic amines) is 1. The average molecular weight is 599 g/mol. The third-order valence-electron chi connectivity index (χ3n) is 7.70. The van der Waals surface area contributed by atoms with Crippen LogP contribution >= 0.6 is 0 Å². The summed E-state index contributed by atoms with van der Waals surface area (Å²) in [6.45, 7) is 6.05. The van der Waals surface area contributed by atoms with Gasteiger partial charge in [-0.15, -0.1) is 0 Å². The first-order valence-corrected chi connectivity index (χ1v) is 14.0. The number of nitrogens with one attached hydrogen (secondary N) is 1. The Morgan fingerprint density at radius 3 is 2.48 bits per heavy atom. The highest BCUT2D eigenvalue weighted by molar-refractivity contribution is 5.80. The summed E-state index contributed by atoms with van der Waals surface area (Å²) in [4.78, 5) is 37.8. The normalized spacial score (nSPS) is 27.1. The molecule has 2 saturated heterocycles. The van der Waals surface area contributed by atoms with Crippen LogP contribution in [0.2, 0.25) is 0 Å². The minimum Gasteiger partial charge on any atom is -0.478 e. The van der Waals surface area contributed by atoms with Gasteiger partial charge in [0, 0.05) is 6.54 Å². The van der Waals surface area contributed by atoms with Gasteiger partial charge in [0.25, 0.3) is 0 Å². The molecule has 0 aromatic heterocycles. The molecule has 3 fully saturated rings. The number of alkyl halides is 3. The molecular weight excluding hydrogens is 561 g/mol. The SMILES string of the molecule is CC(C)(C)OC(=O)N1CCC2(COCC(=O)N2)C1COC1CCC(c2ccccc2O/C(=C\C(=O)O)C(F)(F)F)CC1. The molecule has 2 aliphatic heterocycles. The van der Waals surface area contributed by atoms with E-state index in [1.54, 1.807) is 37.8 Å². The van der Waals surface area contributed by atoms with Gasteiger partial charge < -0.3 is 34.3 Å². The zero-order valence-corrected chi connectivity index (χ0v) is 23.9. The monoisotopic (exact) mass is 598 g/mol. The zero-order chi connectivity index (χ0) is 30.7. The van der Waals surface area contributed by atoms with Crippen molar-refractivity contribution in [1.29, 1.82) is 0 Å². The lowest BCUT2D eigenvalue weighted by atomic mass is 9.82. The smallest absolute Gasteiger partial charge is 0.449 e. The summed E-state index contributed by atoms with van der Waals surface area (Å²) in [5.74, 6) is -3.78. The van der Waals surface area contributed by atoms with Crippen LogP contribution in [0, 0.1) is 0 Å². The second-order valence-electron chi connectivity index (χ2n) is 11.9. The fourth-order valence-electron chi connectivity index (χ4n) is 5.80. The summed E-state index contributed by atoms with van der Waals surface area (Å²) in [5.41, 5.74) is -0.934. The van der Waals surface area contributed by atoms with Gasteiger partial charge >= 0.3 is 18.2 Å². The molecule has 1 spiro atoms. The molecule has 13 heteroatoms. The lowest BCUT2D eigenvalue weighted by molar-refractivity contribution is -0.138. The first-order chi connectivity index (χ1) is 19.7. The van der Waals surface area contributed by atoms with Crippen molar-refractivity contribution in [2.45, 2.75) is 88.3 Å². The summed E-state index contributed by atoms with van der Waals surface area (Å²) in [6.07, 6.45) is -2.74.